The smallest absolute Gasteiger partial charge is 0.456 e. The first-order valence-corrected chi connectivity index (χ1v) is 17.6. The normalized spacial score (nSPS) is 29.5. The maximum atomic E-state index is 13.1. The van der Waals surface area contributed by atoms with Crippen molar-refractivity contribution >= 4 is 23.9 Å². The minimum absolute atomic E-state index is 0.0231. The number of nitrogens with zero attached hydrogens (tertiary/aromatic N) is 1. The second kappa shape index (κ2) is 19.0. The molecule has 4 heterocycles. The fourth-order valence-corrected chi connectivity index (χ4v) is 6.30. The SMILES string of the molecule is CCCCCCCCOC(=O)O[C@@H]1[C@H](CO)[C@@H]([C@@H](O[C@H]2OC(C(=O)N[C@H]3CCC[C@@H](C)NC3=O)=C[C@H](O)[C@@H]2O)C(N)=O)O[C@H]1n1ccc(=O)[nH]c1=O. The molecule has 2 saturated heterocycles. The standard InChI is InChI=1S/C33H49N5O14/c1-3-4-5-6-7-8-14-48-33(47)52-25-18(16-39)24(50-30(25)38-13-12-22(41)37-32(38)46)26(27(34)43)51-31-23(42)20(40)15-21(49-31)29(45)36-19-11-9-10-17(2)35-28(19)44/h12-13,15,17-20,23-26,30-31,39-40,42H,3-11,14,16H2,1-2H3,(H2,34,43)(H,35,44)(H,36,45)(H,37,41,46)/t17-,18-,19+,20+,23+,24+,25-,26-,30-,31-/m1/s1. The Labute approximate surface area is 298 Å². The molecule has 0 saturated carbocycles. The van der Waals surface area contributed by atoms with Crippen LogP contribution in [0.1, 0.15) is 77.9 Å². The van der Waals surface area contributed by atoms with Crippen LogP contribution in [0.4, 0.5) is 4.79 Å². The Morgan fingerprint density at radius 3 is 2.54 bits per heavy atom. The van der Waals surface area contributed by atoms with Crippen LogP contribution in [-0.4, -0.2) is 111 Å². The number of nitrogens with one attached hydrogen (secondary N) is 3. The molecule has 0 aromatic carbocycles. The first-order chi connectivity index (χ1) is 24.8. The second-order valence-corrected chi connectivity index (χ2v) is 13.1. The molecule has 3 amide bonds. The number of carbonyl (C=O) groups is 4. The number of unbranched alkanes of at least 4 members (excludes halogenated alkanes) is 5. The van der Waals surface area contributed by atoms with E-state index in [9.17, 15) is 44.1 Å². The van der Waals surface area contributed by atoms with E-state index in [4.69, 9.17) is 29.4 Å². The summed E-state index contributed by atoms with van der Waals surface area (Å²) in [5, 5.41) is 37.1. The van der Waals surface area contributed by atoms with Gasteiger partial charge in [0.2, 0.25) is 18.1 Å². The van der Waals surface area contributed by atoms with Crippen LogP contribution in [-0.2, 0) is 38.1 Å². The largest absolute Gasteiger partial charge is 0.508 e. The number of aliphatic hydroxyl groups is 3. The average Bonchev–Trinajstić information content (AvgIpc) is 3.35. The summed E-state index contributed by atoms with van der Waals surface area (Å²) in [5.74, 6) is -4.42. The zero-order valence-corrected chi connectivity index (χ0v) is 29.1. The number of aromatic amines is 1. The van der Waals surface area contributed by atoms with Gasteiger partial charge in [-0.2, -0.15) is 0 Å². The summed E-state index contributed by atoms with van der Waals surface area (Å²) in [5.41, 5.74) is 3.96. The fourth-order valence-electron chi connectivity index (χ4n) is 6.30. The summed E-state index contributed by atoms with van der Waals surface area (Å²) in [6.07, 6.45) is -4.15. The van der Waals surface area contributed by atoms with Gasteiger partial charge in [0.1, 0.15) is 24.4 Å². The Hall–Kier alpha value is -4.30. The molecular formula is C33H49N5O14. The molecule has 19 nitrogen and oxygen atoms in total. The second-order valence-electron chi connectivity index (χ2n) is 13.1. The molecule has 1 aromatic rings. The first-order valence-electron chi connectivity index (χ1n) is 17.6. The van der Waals surface area contributed by atoms with Crippen LogP contribution < -0.4 is 27.6 Å². The lowest BCUT2D eigenvalue weighted by molar-refractivity contribution is -0.239. The number of aliphatic hydroxyl groups excluding tert-OH is 3. The highest BCUT2D eigenvalue weighted by molar-refractivity contribution is 5.95. The predicted octanol–water partition coefficient (Wildman–Crippen LogP) is -1.07. The van der Waals surface area contributed by atoms with Crippen molar-refractivity contribution in [1.29, 1.82) is 0 Å². The van der Waals surface area contributed by atoms with Crippen LogP contribution in [0.5, 0.6) is 0 Å². The number of amides is 3. The summed E-state index contributed by atoms with van der Waals surface area (Å²) >= 11 is 0. The van der Waals surface area contributed by atoms with Crippen LogP contribution in [0, 0.1) is 5.92 Å². The summed E-state index contributed by atoms with van der Waals surface area (Å²) in [6.45, 7) is 3.12. The summed E-state index contributed by atoms with van der Waals surface area (Å²) in [7, 11) is 0. The highest BCUT2D eigenvalue weighted by Gasteiger charge is 2.54. The summed E-state index contributed by atoms with van der Waals surface area (Å²) in [6, 6.07) is -0.0132. The Balaban J connectivity index is 1.52. The Morgan fingerprint density at radius 1 is 1.12 bits per heavy atom. The zero-order valence-electron chi connectivity index (χ0n) is 29.1. The minimum atomic E-state index is -1.93. The molecule has 3 aliphatic heterocycles. The molecule has 0 bridgehead atoms. The number of H-pyrrole nitrogens is 1. The molecule has 0 radical (unpaired) electrons. The molecule has 1 aromatic heterocycles. The van der Waals surface area contributed by atoms with E-state index < -0.39 is 102 Å². The van der Waals surface area contributed by atoms with E-state index in [1.807, 2.05) is 11.9 Å². The van der Waals surface area contributed by atoms with E-state index in [2.05, 4.69) is 17.6 Å². The number of primary amides is 1. The molecule has 52 heavy (non-hydrogen) atoms. The van der Waals surface area contributed by atoms with Crippen molar-refractivity contribution in [3.8, 4) is 0 Å². The molecule has 4 rings (SSSR count). The van der Waals surface area contributed by atoms with Gasteiger partial charge in [0.15, 0.2) is 24.2 Å². The van der Waals surface area contributed by atoms with Crippen molar-refractivity contribution < 1.29 is 58.2 Å². The van der Waals surface area contributed by atoms with Crippen LogP contribution in [0.15, 0.2) is 33.7 Å². The van der Waals surface area contributed by atoms with E-state index in [0.29, 0.717) is 25.7 Å². The van der Waals surface area contributed by atoms with Crippen LogP contribution in [0.3, 0.4) is 0 Å². The number of aromatic nitrogens is 2. The highest BCUT2D eigenvalue weighted by Crippen LogP contribution is 2.39. The van der Waals surface area contributed by atoms with E-state index in [0.717, 1.165) is 55.0 Å². The molecule has 2 fully saturated rings. The van der Waals surface area contributed by atoms with Crippen LogP contribution >= 0.6 is 0 Å². The van der Waals surface area contributed by atoms with Crippen molar-refractivity contribution in [3.05, 3.63) is 44.9 Å². The highest BCUT2D eigenvalue weighted by atomic mass is 16.7. The van der Waals surface area contributed by atoms with Gasteiger partial charge >= 0.3 is 11.8 Å². The van der Waals surface area contributed by atoms with Gasteiger partial charge in [0.25, 0.3) is 11.5 Å². The van der Waals surface area contributed by atoms with Crippen molar-refractivity contribution in [2.75, 3.05) is 13.2 Å². The lowest BCUT2D eigenvalue weighted by atomic mass is 9.94. The number of carbonyl (C=O) groups excluding carboxylic acids is 4. The molecule has 8 N–H and O–H groups in total. The van der Waals surface area contributed by atoms with Gasteiger partial charge in [-0.05, 0) is 38.7 Å². The molecular weight excluding hydrogens is 690 g/mol. The lowest BCUT2D eigenvalue weighted by Crippen LogP contribution is -2.54. The predicted molar refractivity (Wildman–Crippen MR) is 178 cm³/mol. The average molecular weight is 740 g/mol. The maximum absolute atomic E-state index is 13.1. The first kappa shape index (κ1) is 40.5. The monoisotopic (exact) mass is 739 g/mol. The van der Waals surface area contributed by atoms with E-state index in [1.54, 1.807) is 0 Å². The molecule has 290 valence electrons. The third-order valence-corrected chi connectivity index (χ3v) is 9.13. The number of hydrogen-bond acceptors (Lipinski definition) is 14. The maximum Gasteiger partial charge on any atom is 0.508 e. The zero-order chi connectivity index (χ0) is 37.9. The third kappa shape index (κ3) is 10.4. The molecule has 0 unspecified atom stereocenters. The van der Waals surface area contributed by atoms with Gasteiger partial charge in [-0.1, -0.05) is 39.0 Å². The Bertz CT molecular complexity index is 1550. The van der Waals surface area contributed by atoms with Crippen molar-refractivity contribution in [2.45, 2.75) is 127 Å². The van der Waals surface area contributed by atoms with Crippen molar-refractivity contribution in [3.63, 3.8) is 0 Å². The molecule has 19 heteroatoms. The van der Waals surface area contributed by atoms with E-state index >= 15 is 0 Å². The van der Waals surface area contributed by atoms with E-state index in [1.165, 1.54) is 0 Å². The lowest BCUT2D eigenvalue weighted by Gasteiger charge is -2.35. The number of rotatable bonds is 16. The van der Waals surface area contributed by atoms with Gasteiger partial charge in [-0.25, -0.2) is 9.59 Å². The van der Waals surface area contributed by atoms with Crippen LogP contribution in [0.25, 0.3) is 0 Å². The van der Waals surface area contributed by atoms with Crippen molar-refractivity contribution in [2.24, 2.45) is 11.7 Å². The van der Waals surface area contributed by atoms with Gasteiger partial charge in [0, 0.05) is 18.3 Å². The Morgan fingerprint density at radius 2 is 1.85 bits per heavy atom. The summed E-state index contributed by atoms with van der Waals surface area (Å²) < 4.78 is 28.9. The van der Waals surface area contributed by atoms with Gasteiger partial charge in [0.05, 0.1) is 19.1 Å². The minimum Gasteiger partial charge on any atom is -0.456 e. The number of hydrogen-bond donors (Lipinski definition) is 7. The van der Waals surface area contributed by atoms with Gasteiger partial charge in [-0.3, -0.25) is 28.7 Å². The van der Waals surface area contributed by atoms with E-state index in [-0.39, 0.29) is 12.6 Å². The topological polar surface area (TPSA) is 280 Å². The number of nitrogens with two attached hydrogens (primary N) is 1. The Kier molecular flexibility index (Phi) is 14.8. The van der Waals surface area contributed by atoms with Crippen molar-refractivity contribution in [1.82, 2.24) is 20.2 Å². The van der Waals surface area contributed by atoms with Gasteiger partial charge in [-0.15, -0.1) is 0 Å². The summed E-state index contributed by atoms with van der Waals surface area (Å²) in [4.78, 5) is 78.0. The van der Waals surface area contributed by atoms with Gasteiger partial charge < -0.3 is 55.4 Å². The number of ether oxygens (including phenoxy) is 5. The molecule has 0 spiro atoms. The van der Waals surface area contributed by atoms with Crippen LogP contribution in [0.2, 0.25) is 0 Å². The fraction of sp³-hybridized carbons (Fsp3) is 0.697. The molecule has 10 atom stereocenters. The third-order valence-electron chi connectivity index (χ3n) is 9.13. The quantitative estimate of drug-likeness (QED) is 0.0786. The molecule has 3 aliphatic rings. The molecule has 0 aliphatic carbocycles.